The average Bonchev–Trinajstić information content (AvgIpc) is 2.86. The summed E-state index contributed by atoms with van der Waals surface area (Å²) in [7, 11) is 0. The Morgan fingerprint density at radius 2 is 2.62 bits per heavy atom. The first kappa shape index (κ1) is 11.5. The molecule has 0 aromatic carbocycles. The molecule has 1 aromatic rings. The van der Waals surface area contributed by atoms with Gasteiger partial charge in [-0.05, 0) is 13.3 Å². The van der Waals surface area contributed by atoms with Crippen molar-refractivity contribution in [1.29, 1.82) is 0 Å². The molecule has 0 amide bonds. The highest BCUT2D eigenvalue weighted by molar-refractivity contribution is 7.09. The van der Waals surface area contributed by atoms with Crippen LogP contribution >= 0.6 is 11.3 Å². The van der Waals surface area contributed by atoms with Crippen LogP contribution in [0.15, 0.2) is 5.38 Å². The predicted molar refractivity (Wildman–Crippen MR) is 60.6 cm³/mol. The molecule has 1 atom stereocenters. The normalized spacial score (nSPS) is 19.9. The van der Waals surface area contributed by atoms with E-state index in [0.717, 1.165) is 30.3 Å². The fourth-order valence-corrected chi connectivity index (χ4v) is 2.62. The van der Waals surface area contributed by atoms with E-state index in [1.165, 1.54) is 0 Å². The van der Waals surface area contributed by atoms with Gasteiger partial charge >= 0.3 is 5.97 Å². The Morgan fingerprint density at radius 1 is 1.75 bits per heavy atom. The van der Waals surface area contributed by atoms with Crippen molar-refractivity contribution >= 4 is 17.3 Å². The third-order valence-electron chi connectivity index (χ3n) is 2.48. The van der Waals surface area contributed by atoms with Crippen LogP contribution in [0, 0.1) is 0 Å². The smallest absolute Gasteiger partial charge is 0.311 e. The zero-order chi connectivity index (χ0) is 11.4. The standard InChI is InChI=1S/C11H15NO3S/c1-2-15-10(13)5-9-7-16-11(12-9)8-3-4-14-6-8/h7-8H,2-6H2,1H3. The zero-order valence-corrected chi connectivity index (χ0v) is 10.1. The highest BCUT2D eigenvalue weighted by Gasteiger charge is 2.21. The van der Waals surface area contributed by atoms with Gasteiger partial charge in [0.1, 0.15) is 0 Å². The number of hydrogen-bond acceptors (Lipinski definition) is 5. The molecule has 0 aliphatic carbocycles. The number of hydrogen-bond donors (Lipinski definition) is 0. The summed E-state index contributed by atoms with van der Waals surface area (Å²) in [5.41, 5.74) is 0.811. The summed E-state index contributed by atoms with van der Waals surface area (Å²) < 4.78 is 10.2. The van der Waals surface area contributed by atoms with Crippen LogP contribution in [0.3, 0.4) is 0 Å². The minimum atomic E-state index is -0.206. The van der Waals surface area contributed by atoms with Crippen molar-refractivity contribution in [3.63, 3.8) is 0 Å². The van der Waals surface area contributed by atoms with Crippen LogP contribution < -0.4 is 0 Å². The van der Waals surface area contributed by atoms with Gasteiger partial charge in [-0.1, -0.05) is 0 Å². The van der Waals surface area contributed by atoms with Crippen LogP contribution in [0.25, 0.3) is 0 Å². The van der Waals surface area contributed by atoms with Gasteiger partial charge in [0.05, 0.1) is 30.3 Å². The minimum absolute atomic E-state index is 0.206. The van der Waals surface area contributed by atoms with Crippen LogP contribution in [-0.2, 0) is 20.7 Å². The third kappa shape index (κ3) is 2.80. The molecule has 1 aromatic heterocycles. The van der Waals surface area contributed by atoms with E-state index >= 15 is 0 Å². The van der Waals surface area contributed by atoms with E-state index in [1.54, 1.807) is 18.3 Å². The second-order valence-electron chi connectivity index (χ2n) is 3.72. The van der Waals surface area contributed by atoms with Crippen LogP contribution in [0.5, 0.6) is 0 Å². The van der Waals surface area contributed by atoms with Crippen LogP contribution in [0.4, 0.5) is 0 Å². The van der Waals surface area contributed by atoms with Crippen molar-refractivity contribution in [2.24, 2.45) is 0 Å². The lowest BCUT2D eigenvalue weighted by Crippen LogP contribution is -2.08. The van der Waals surface area contributed by atoms with E-state index in [9.17, 15) is 4.79 Å². The maximum absolute atomic E-state index is 11.3. The molecule has 1 fully saturated rings. The molecule has 5 heteroatoms. The van der Waals surface area contributed by atoms with Crippen molar-refractivity contribution in [2.45, 2.75) is 25.7 Å². The van der Waals surface area contributed by atoms with Gasteiger partial charge in [-0.3, -0.25) is 4.79 Å². The lowest BCUT2D eigenvalue weighted by atomic mass is 10.1. The Kier molecular flexibility index (Phi) is 3.90. The first-order chi connectivity index (χ1) is 7.79. The molecule has 2 rings (SSSR count). The highest BCUT2D eigenvalue weighted by Crippen LogP contribution is 2.27. The SMILES string of the molecule is CCOC(=O)Cc1csc(C2CCOC2)n1. The molecular weight excluding hydrogens is 226 g/mol. The van der Waals surface area contributed by atoms with Crippen molar-refractivity contribution in [3.8, 4) is 0 Å². The maximum atomic E-state index is 11.3. The molecule has 16 heavy (non-hydrogen) atoms. The molecule has 0 bridgehead atoms. The molecule has 1 aliphatic rings. The first-order valence-electron chi connectivity index (χ1n) is 5.47. The summed E-state index contributed by atoms with van der Waals surface area (Å²) in [5.74, 6) is 0.211. The van der Waals surface area contributed by atoms with Crippen molar-refractivity contribution in [1.82, 2.24) is 4.98 Å². The average molecular weight is 241 g/mol. The van der Waals surface area contributed by atoms with Gasteiger partial charge in [0.25, 0.3) is 0 Å². The molecule has 88 valence electrons. The van der Waals surface area contributed by atoms with Crippen molar-refractivity contribution in [2.75, 3.05) is 19.8 Å². The minimum Gasteiger partial charge on any atom is -0.466 e. The van der Waals surface area contributed by atoms with E-state index in [1.807, 2.05) is 5.38 Å². The molecule has 1 aliphatic heterocycles. The van der Waals surface area contributed by atoms with E-state index in [2.05, 4.69) is 4.98 Å². The molecule has 0 N–H and O–H groups in total. The molecular formula is C11H15NO3S. The molecule has 1 unspecified atom stereocenters. The Morgan fingerprint density at radius 3 is 3.31 bits per heavy atom. The van der Waals surface area contributed by atoms with Crippen molar-refractivity contribution < 1.29 is 14.3 Å². The Labute approximate surface area is 98.6 Å². The number of carbonyl (C=O) groups excluding carboxylic acids is 1. The highest BCUT2D eigenvalue weighted by atomic mass is 32.1. The second-order valence-corrected chi connectivity index (χ2v) is 4.61. The first-order valence-corrected chi connectivity index (χ1v) is 6.35. The Hall–Kier alpha value is -0.940. The molecule has 0 radical (unpaired) electrons. The van der Waals surface area contributed by atoms with E-state index in [4.69, 9.17) is 9.47 Å². The zero-order valence-electron chi connectivity index (χ0n) is 9.27. The summed E-state index contributed by atoms with van der Waals surface area (Å²) in [6, 6.07) is 0. The van der Waals surface area contributed by atoms with Gasteiger partial charge in [0, 0.05) is 17.9 Å². The second kappa shape index (κ2) is 5.41. The van der Waals surface area contributed by atoms with Crippen LogP contribution in [-0.4, -0.2) is 30.8 Å². The molecule has 0 saturated carbocycles. The van der Waals surface area contributed by atoms with E-state index in [0.29, 0.717) is 12.5 Å². The molecule has 4 nitrogen and oxygen atoms in total. The number of rotatable bonds is 4. The largest absolute Gasteiger partial charge is 0.466 e. The predicted octanol–water partition coefficient (Wildman–Crippen LogP) is 1.75. The topological polar surface area (TPSA) is 48.4 Å². The van der Waals surface area contributed by atoms with E-state index in [-0.39, 0.29) is 12.4 Å². The number of aromatic nitrogens is 1. The Balaban J connectivity index is 1.93. The van der Waals surface area contributed by atoms with Gasteiger partial charge in [0.2, 0.25) is 0 Å². The van der Waals surface area contributed by atoms with Gasteiger partial charge < -0.3 is 9.47 Å². The summed E-state index contributed by atoms with van der Waals surface area (Å²) in [6.07, 6.45) is 1.31. The fourth-order valence-electron chi connectivity index (χ4n) is 1.68. The van der Waals surface area contributed by atoms with E-state index < -0.39 is 0 Å². The number of ether oxygens (including phenoxy) is 2. The lowest BCUT2D eigenvalue weighted by molar-refractivity contribution is -0.142. The quantitative estimate of drug-likeness (QED) is 0.754. The number of esters is 1. The van der Waals surface area contributed by atoms with Crippen LogP contribution in [0.2, 0.25) is 0 Å². The fraction of sp³-hybridized carbons (Fsp3) is 0.636. The van der Waals surface area contributed by atoms with Gasteiger partial charge in [0.15, 0.2) is 0 Å². The monoisotopic (exact) mass is 241 g/mol. The summed E-state index contributed by atoms with van der Waals surface area (Å²) in [5, 5.41) is 3.02. The summed E-state index contributed by atoms with van der Waals surface area (Å²) in [6.45, 7) is 3.80. The third-order valence-corrected chi connectivity index (χ3v) is 3.54. The number of carbonyl (C=O) groups is 1. The van der Waals surface area contributed by atoms with Gasteiger partial charge in [-0.2, -0.15) is 0 Å². The molecule has 2 heterocycles. The number of nitrogens with zero attached hydrogens (tertiary/aromatic N) is 1. The molecule has 1 saturated heterocycles. The Bertz CT molecular complexity index is 358. The summed E-state index contributed by atoms with van der Waals surface area (Å²) >= 11 is 1.61. The molecule has 0 spiro atoms. The maximum Gasteiger partial charge on any atom is 0.311 e. The van der Waals surface area contributed by atoms with Crippen LogP contribution in [0.1, 0.15) is 30.0 Å². The van der Waals surface area contributed by atoms with Gasteiger partial charge in [-0.25, -0.2) is 4.98 Å². The summed E-state index contributed by atoms with van der Waals surface area (Å²) in [4.78, 5) is 15.7. The van der Waals surface area contributed by atoms with Gasteiger partial charge in [-0.15, -0.1) is 11.3 Å². The number of thiazole rings is 1. The lowest BCUT2D eigenvalue weighted by Gasteiger charge is -2.01. The van der Waals surface area contributed by atoms with Crippen molar-refractivity contribution in [3.05, 3.63) is 16.1 Å².